The summed E-state index contributed by atoms with van der Waals surface area (Å²) in [6.45, 7) is 1.06. The molecule has 66 valence electrons. The van der Waals surface area contributed by atoms with E-state index in [1.807, 2.05) is 7.05 Å². The topological polar surface area (TPSA) is 12.0 Å². The van der Waals surface area contributed by atoms with Crippen LogP contribution in [-0.2, 0) is 0 Å². The Balaban J connectivity index is 0. The quantitative estimate of drug-likeness (QED) is 0.767. The fraction of sp³-hybridized carbons (Fsp3) is 1.00. The van der Waals surface area contributed by atoms with Crippen molar-refractivity contribution < 1.29 is 36.9 Å². The summed E-state index contributed by atoms with van der Waals surface area (Å²) in [5.41, 5.74) is 0. The van der Waals surface area contributed by atoms with Gasteiger partial charge in [0.25, 0.3) is 0 Å². The van der Waals surface area contributed by atoms with Gasteiger partial charge < -0.3 is 5.32 Å². The van der Waals surface area contributed by atoms with Crippen molar-refractivity contribution in [3.05, 3.63) is 0 Å². The second kappa shape index (κ2) is 6.46. The number of rotatable bonds is 2. The van der Waals surface area contributed by atoms with Crippen molar-refractivity contribution in [1.82, 2.24) is 5.32 Å². The maximum atomic E-state index is 12.6. The van der Waals surface area contributed by atoms with Gasteiger partial charge in [0.05, 0.1) is 0 Å². The van der Waals surface area contributed by atoms with Crippen molar-refractivity contribution in [3.63, 3.8) is 0 Å². The van der Waals surface area contributed by atoms with E-state index < -0.39 is 6.17 Å². The van der Waals surface area contributed by atoms with Gasteiger partial charge in [0, 0.05) is 32.5 Å². The summed E-state index contributed by atoms with van der Waals surface area (Å²) >= 11 is 0. The van der Waals surface area contributed by atoms with Gasteiger partial charge in [-0.1, -0.05) is 0 Å². The molecule has 1 N–H and O–H groups in total. The van der Waals surface area contributed by atoms with Crippen LogP contribution in [0.5, 0.6) is 0 Å². The number of hydrogen-bond acceptors (Lipinski definition) is 1. The molecule has 11 heavy (non-hydrogen) atoms. The van der Waals surface area contributed by atoms with Crippen molar-refractivity contribution in [2.45, 2.75) is 31.9 Å². The van der Waals surface area contributed by atoms with Gasteiger partial charge in [0.2, 0.25) is 0 Å². The summed E-state index contributed by atoms with van der Waals surface area (Å²) < 4.78 is 12.6. The van der Waals surface area contributed by atoms with E-state index in [9.17, 15) is 4.39 Å². The third kappa shape index (κ3) is 4.50. The minimum absolute atomic E-state index is 0. The summed E-state index contributed by atoms with van der Waals surface area (Å²) in [5.74, 6) is 0.733. The Hall–Kier alpha value is 0.942. The summed E-state index contributed by atoms with van der Waals surface area (Å²) in [5, 5.41) is 3.13. The molecule has 0 unspecified atom stereocenters. The first kappa shape index (κ1) is 11.9. The van der Waals surface area contributed by atoms with Crippen LogP contribution < -0.4 is 5.32 Å². The van der Waals surface area contributed by atoms with E-state index in [0.29, 0.717) is 0 Å². The molecule has 1 nitrogen and oxygen atoms in total. The average molecular weight is 385 g/mol. The molecular weight excluding hydrogens is 367 g/mol. The molecule has 0 heterocycles. The second-order valence-electron chi connectivity index (χ2n) is 3.18. The van der Waals surface area contributed by atoms with Gasteiger partial charge in [-0.2, -0.15) is 0 Å². The first-order valence-electron chi connectivity index (χ1n) is 4.11. The normalized spacial score (nSPS) is 31.1. The van der Waals surface area contributed by atoms with Gasteiger partial charge in [-0.25, -0.2) is 4.39 Å². The van der Waals surface area contributed by atoms with Crippen molar-refractivity contribution in [2.75, 3.05) is 13.6 Å². The number of halogens is 1. The van der Waals surface area contributed by atoms with E-state index in [0.717, 1.165) is 38.1 Å². The zero-order chi connectivity index (χ0) is 7.40. The fourth-order valence-corrected chi connectivity index (χ4v) is 1.61. The summed E-state index contributed by atoms with van der Waals surface area (Å²) in [6.07, 6.45) is 3.20. The Morgan fingerprint density at radius 1 is 1.36 bits per heavy atom. The standard InChI is InChI=1S/C8H16FN.U.H2/c1-10-6-7-2-4-8(9)5-3-7;;/h7-8,10H,2-6H2,1H3;;1H. The minimum Gasteiger partial charge on any atom is -0.319 e. The molecule has 1 aliphatic rings. The first-order chi connectivity index (χ1) is 4.83. The summed E-state index contributed by atoms with van der Waals surface area (Å²) in [6, 6.07) is 0. The van der Waals surface area contributed by atoms with Crippen molar-refractivity contribution in [1.29, 1.82) is 0 Å². The van der Waals surface area contributed by atoms with Crippen molar-refractivity contribution in [3.8, 4) is 0 Å². The predicted molar refractivity (Wildman–Crippen MR) is 42.9 cm³/mol. The van der Waals surface area contributed by atoms with E-state index >= 15 is 0 Å². The van der Waals surface area contributed by atoms with Crippen LogP contribution in [0.4, 0.5) is 4.39 Å². The molecule has 0 saturated heterocycles. The smallest absolute Gasteiger partial charge is 0.100 e. The molecule has 1 fully saturated rings. The molecule has 0 aromatic rings. The van der Waals surface area contributed by atoms with E-state index in [2.05, 4.69) is 5.32 Å². The molecule has 1 rings (SSSR count). The van der Waals surface area contributed by atoms with Crippen molar-refractivity contribution >= 4 is 0 Å². The third-order valence-corrected chi connectivity index (χ3v) is 2.27. The SMILES string of the molecule is CNCC1CCC(F)CC1.[HH].[U]. The molecule has 0 atom stereocenters. The Bertz CT molecular complexity index is 97.1. The van der Waals surface area contributed by atoms with Crippen LogP contribution in [0.1, 0.15) is 27.1 Å². The molecule has 0 radical (unpaired) electrons. The van der Waals surface area contributed by atoms with Gasteiger partial charge in [-0.3, -0.25) is 0 Å². The Morgan fingerprint density at radius 3 is 2.36 bits per heavy atom. The van der Waals surface area contributed by atoms with E-state index in [-0.39, 0.29) is 32.5 Å². The molecule has 3 heteroatoms. The molecule has 1 saturated carbocycles. The van der Waals surface area contributed by atoms with Crippen LogP contribution in [0.15, 0.2) is 0 Å². The van der Waals surface area contributed by atoms with Gasteiger partial charge in [0.15, 0.2) is 0 Å². The van der Waals surface area contributed by atoms with Crippen LogP contribution in [0, 0.1) is 37.0 Å². The Labute approximate surface area is 93.4 Å². The largest absolute Gasteiger partial charge is 0.319 e. The maximum Gasteiger partial charge on any atom is 0.100 e. The molecule has 0 bridgehead atoms. The molecule has 1 aliphatic carbocycles. The van der Waals surface area contributed by atoms with Crippen LogP contribution in [0.2, 0.25) is 0 Å². The van der Waals surface area contributed by atoms with Gasteiger partial charge >= 0.3 is 0 Å². The van der Waals surface area contributed by atoms with Crippen LogP contribution in [0.3, 0.4) is 0 Å². The third-order valence-electron chi connectivity index (χ3n) is 2.27. The predicted octanol–water partition coefficient (Wildman–Crippen LogP) is 1.98. The van der Waals surface area contributed by atoms with Crippen molar-refractivity contribution in [2.24, 2.45) is 5.92 Å². The van der Waals surface area contributed by atoms with E-state index in [1.54, 1.807) is 0 Å². The summed E-state index contributed by atoms with van der Waals surface area (Å²) in [4.78, 5) is 0. The van der Waals surface area contributed by atoms with E-state index in [4.69, 9.17) is 0 Å². The maximum absolute atomic E-state index is 12.6. The zero-order valence-corrected chi connectivity index (χ0v) is 11.2. The molecule has 0 spiro atoms. The van der Waals surface area contributed by atoms with Crippen LogP contribution in [0.25, 0.3) is 0 Å². The van der Waals surface area contributed by atoms with Gasteiger partial charge in [0.1, 0.15) is 6.17 Å². The average Bonchev–Trinajstić information content (AvgIpc) is 1.95. The number of nitrogens with one attached hydrogen (secondary N) is 1. The monoisotopic (exact) mass is 385 g/mol. The Morgan fingerprint density at radius 2 is 1.91 bits per heavy atom. The zero-order valence-electron chi connectivity index (χ0n) is 7.07. The molecule has 0 amide bonds. The molecular formula is C8H18FNU. The number of alkyl halides is 1. The van der Waals surface area contributed by atoms with Crippen LogP contribution in [-0.4, -0.2) is 19.8 Å². The van der Waals surface area contributed by atoms with Crippen LogP contribution >= 0.6 is 0 Å². The summed E-state index contributed by atoms with van der Waals surface area (Å²) in [7, 11) is 1.96. The Kier molecular flexibility index (Phi) is 7.01. The first-order valence-corrected chi connectivity index (χ1v) is 4.11. The second-order valence-corrected chi connectivity index (χ2v) is 3.18. The van der Waals surface area contributed by atoms with Gasteiger partial charge in [-0.15, -0.1) is 0 Å². The molecule has 0 aromatic heterocycles. The number of hydrogen-bond donors (Lipinski definition) is 1. The fourth-order valence-electron chi connectivity index (χ4n) is 1.61. The van der Waals surface area contributed by atoms with Gasteiger partial charge in [-0.05, 0) is 45.2 Å². The molecule has 0 aliphatic heterocycles. The van der Waals surface area contributed by atoms with E-state index in [1.165, 1.54) is 0 Å². The minimum atomic E-state index is -0.506. The molecule has 0 aromatic carbocycles.